The standard InChI is InChI=1S/C28H31FN2O3.2ClH/c1-19-23(17-30-24-13-11-20(25(29)16-24)12-14-27(33)34)10-9-22-8-5-15-31(28(19)22)18-26(32)21-6-3-2-4-7-21;;/h2-4,6-7,9-11,13,16,26,30,32H,5,8,12,14-15,17-18H2,1H3,(H,33,34);2*1H. The third-order valence-corrected chi connectivity index (χ3v) is 6.54. The van der Waals surface area contributed by atoms with E-state index in [4.69, 9.17) is 5.11 Å². The topological polar surface area (TPSA) is 72.8 Å². The SMILES string of the molecule is Cc1c(CNc2ccc(CCC(=O)O)c(F)c2)ccc2c1N(CC(O)c1ccccc1)CCC2.Cl.Cl. The van der Waals surface area contributed by atoms with E-state index in [2.05, 4.69) is 29.3 Å². The molecule has 36 heavy (non-hydrogen) atoms. The lowest BCUT2D eigenvalue weighted by molar-refractivity contribution is -0.136. The van der Waals surface area contributed by atoms with Gasteiger partial charge in [-0.1, -0.05) is 48.5 Å². The monoisotopic (exact) mass is 534 g/mol. The van der Waals surface area contributed by atoms with Crippen LogP contribution in [-0.4, -0.2) is 29.3 Å². The zero-order valence-corrected chi connectivity index (χ0v) is 21.9. The third kappa shape index (κ3) is 7.12. The van der Waals surface area contributed by atoms with E-state index in [1.165, 1.54) is 22.9 Å². The molecule has 1 aliphatic heterocycles. The maximum Gasteiger partial charge on any atom is 0.303 e. The third-order valence-electron chi connectivity index (χ3n) is 6.54. The number of nitrogens with zero attached hydrogens (tertiary/aromatic N) is 1. The number of benzene rings is 3. The number of hydrogen-bond acceptors (Lipinski definition) is 4. The van der Waals surface area contributed by atoms with Crippen molar-refractivity contribution < 1.29 is 19.4 Å². The summed E-state index contributed by atoms with van der Waals surface area (Å²) in [6, 6.07) is 18.9. The van der Waals surface area contributed by atoms with E-state index in [9.17, 15) is 14.3 Å². The van der Waals surface area contributed by atoms with Crippen LogP contribution in [0.25, 0.3) is 0 Å². The molecule has 0 aromatic heterocycles. The second kappa shape index (κ2) is 13.5. The van der Waals surface area contributed by atoms with Crippen molar-refractivity contribution in [3.05, 3.63) is 94.3 Å². The van der Waals surface area contributed by atoms with E-state index in [0.29, 0.717) is 24.3 Å². The first kappa shape index (κ1) is 29.4. The van der Waals surface area contributed by atoms with Gasteiger partial charge in [0.2, 0.25) is 0 Å². The van der Waals surface area contributed by atoms with Crippen LogP contribution in [0, 0.1) is 12.7 Å². The summed E-state index contributed by atoms with van der Waals surface area (Å²) in [4.78, 5) is 13.0. The summed E-state index contributed by atoms with van der Waals surface area (Å²) in [5, 5.41) is 22.9. The largest absolute Gasteiger partial charge is 0.481 e. The fourth-order valence-electron chi connectivity index (χ4n) is 4.67. The van der Waals surface area contributed by atoms with Crippen LogP contribution in [0.15, 0.2) is 60.7 Å². The zero-order valence-electron chi connectivity index (χ0n) is 20.2. The molecule has 0 saturated heterocycles. The lowest BCUT2D eigenvalue weighted by atomic mass is 9.94. The summed E-state index contributed by atoms with van der Waals surface area (Å²) in [5.41, 5.74) is 6.76. The second-order valence-electron chi connectivity index (χ2n) is 8.89. The van der Waals surface area contributed by atoms with Gasteiger partial charge in [-0.15, -0.1) is 24.8 Å². The molecule has 5 nitrogen and oxygen atoms in total. The van der Waals surface area contributed by atoms with Crippen molar-refractivity contribution in [1.82, 2.24) is 0 Å². The molecule has 8 heteroatoms. The number of aliphatic hydroxyl groups is 1. The highest BCUT2D eigenvalue weighted by atomic mass is 35.5. The van der Waals surface area contributed by atoms with Gasteiger partial charge in [0.15, 0.2) is 0 Å². The number of carboxylic acids is 1. The van der Waals surface area contributed by atoms with Crippen LogP contribution < -0.4 is 10.2 Å². The van der Waals surface area contributed by atoms with Gasteiger partial charge in [-0.25, -0.2) is 4.39 Å². The number of carbonyl (C=O) groups is 1. The molecule has 3 aromatic rings. The Morgan fingerprint density at radius 1 is 1.08 bits per heavy atom. The average molecular weight is 535 g/mol. The van der Waals surface area contributed by atoms with Crippen molar-refractivity contribution in [3.63, 3.8) is 0 Å². The van der Waals surface area contributed by atoms with Gasteiger partial charge in [-0.2, -0.15) is 0 Å². The Morgan fingerprint density at radius 3 is 2.50 bits per heavy atom. The molecule has 0 spiro atoms. The smallest absolute Gasteiger partial charge is 0.303 e. The fraction of sp³-hybridized carbons (Fsp3) is 0.321. The molecule has 194 valence electrons. The van der Waals surface area contributed by atoms with Crippen LogP contribution >= 0.6 is 24.8 Å². The van der Waals surface area contributed by atoms with Crippen molar-refractivity contribution in [1.29, 1.82) is 0 Å². The summed E-state index contributed by atoms with van der Waals surface area (Å²) in [7, 11) is 0. The number of anilines is 2. The van der Waals surface area contributed by atoms with Crippen LogP contribution in [0.4, 0.5) is 15.8 Å². The van der Waals surface area contributed by atoms with Gasteiger partial charge >= 0.3 is 5.97 Å². The molecular formula is C28H33Cl2FN2O3. The summed E-state index contributed by atoms with van der Waals surface area (Å²) < 4.78 is 14.4. The molecule has 1 heterocycles. The van der Waals surface area contributed by atoms with Crippen LogP contribution in [-0.2, 0) is 24.2 Å². The molecule has 1 unspecified atom stereocenters. The molecule has 1 aliphatic rings. The van der Waals surface area contributed by atoms with Gasteiger partial charge in [0.1, 0.15) is 5.82 Å². The van der Waals surface area contributed by atoms with Crippen molar-refractivity contribution in [3.8, 4) is 0 Å². The van der Waals surface area contributed by atoms with Crippen molar-refractivity contribution >= 4 is 42.2 Å². The average Bonchev–Trinajstić information content (AvgIpc) is 2.83. The molecule has 0 amide bonds. The first-order valence-electron chi connectivity index (χ1n) is 11.8. The predicted octanol–water partition coefficient (Wildman–Crippen LogP) is 6.09. The quantitative estimate of drug-likeness (QED) is 0.309. The van der Waals surface area contributed by atoms with E-state index in [1.807, 2.05) is 30.3 Å². The highest BCUT2D eigenvalue weighted by Crippen LogP contribution is 2.34. The van der Waals surface area contributed by atoms with Crippen molar-refractivity contribution in [2.45, 2.75) is 45.3 Å². The Labute approximate surface area is 224 Å². The Morgan fingerprint density at radius 2 is 1.81 bits per heavy atom. The van der Waals surface area contributed by atoms with Gasteiger partial charge in [-0.3, -0.25) is 4.79 Å². The Bertz CT molecular complexity index is 1160. The molecule has 3 aromatic carbocycles. The van der Waals surface area contributed by atoms with Crippen molar-refractivity contribution in [2.75, 3.05) is 23.3 Å². The second-order valence-corrected chi connectivity index (χ2v) is 8.89. The normalized spacial score (nSPS) is 13.1. The molecular weight excluding hydrogens is 502 g/mol. The minimum absolute atomic E-state index is 0. The van der Waals surface area contributed by atoms with Gasteiger partial charge in [0.05, 0.1) is 6.10 Å². The number of β-amino-alcohol motifs (C(OH)–C–C–N with tert-alkyl or cyclic N) is 1. The van der Waals surface area contributed by atoms with Gasteiger partial charge in [0.25, 0.3) is 0 Å². The molecule has 4 rings (SSSR count). The Kier molecular flexibility index (Phi) is 11.0. The molecule has 0 radical (unpaired) electrons. The maximum absolute atomic E-state index is 14.4. The summed E-state index contributed by atoms with van der Waals surface area (Å²) in [5.74, 6) is -1.33. The minimum atomic E-state index is -0.935. The van der Waals surface area contributed by atoms with Crippen LogP contribution in [0.2, 0.25) is 0 Å². The number of aliphatic hydroxyl groups excluding tert-OH is 1. The number of aryl methyl sites for hydroxylation is 2. The number of nitrogens with one attached hydrogen (secondary N) is 1. The van der Waals surface area contributed by atoms with E-state index < -0.39 is 17.9 Å². The van der Waals surface area contributed by atoms with Gasteiger partial charge in [-0.05, 0) is 66.1 Å². The molecule has 0 fully saturated rings. The lowest BCUT2D eigenvalue weighted by Crippen LogP contribution is -2.34. The Balaban J connectivity index is 0.00000228. The first-order chi connectivity index (χ1) is 16.4. The first-order valence-corrected chi connectivity index (χ1v) is 11.8. The van der Waals surface area contributed by atoms with Crippen LogP contribution in [0.3, 0.4) is 0 Å². The molecule has 0 bridgehead atoms. The van der Waals surface area contributed by atoms with E-state index >= 15 is 0 Å². The summed E-state index contributed by atoms with van der Waals surface area (Å²) in [6.45, 7) is 4.09. The Hall–Kier alpha value is -2.80. The molecule has 0 aliphatic carbocycles. The number of aliphatic carboxylic acids is 1. The molecule has 0 saturated carbocycles. The number of fused-ring (bicyclic) bond motifs is 1. The van der Waals surface area contributed by atoms with Crippen molar-refractivity contribution in [2.24, 2.45) is 0 Å². The van der Waals surface area contributed by atoms with Gasteiger partial charge < -0.3 is 20.4 Å². The molecule has 3 N–H and O–H groups in total. The maximum atomic E-state index is 14.4. The van der Waals surface area contributed by atoms with E-state index in [0.717, 1.165) is 30.5 Å². The zero-order chi connectivity index (χ0) is 24.1. The fourth-order valence-corrected chi connectivity index (χ4v) is 4.67. The highest BCUT2D eigenvalue weighted by molar-refractivity contribution is 5.85. The van der Waals surface area contributed by atoms with Crippen LogP contribution in [0.5, 0.6) is 0 Å². The van der Waals surface area contributed by atoms with Crippen LogP contribution in [0.1, 0.15) is 46.8 Å². The number of rotatable bonds is 9. The summed E-state index contributed by atoms with van der Waals surface area (Å²) >= 11 is 0. The van der Waals surface area contributed by atoms with E-state index in [1.54, 1.807) is 12.1 Å². The predicted molar refractivity (Wildman–Crippen MR) is 147 cm³/mol. The minimum Gasteiger partial charge on any atom is -0.481 e. The number of halogens is 3. The van der Waals surface area contributed by atoms with Gasteiger partial charge in [0, 0.05) is 37.4 Å². The highest BCUT2D eigenvalue weighted by Gasteiger charge is 2.23. The number of hydrogen-bond donors (Lipinski definition) is 3. The van der Waals surface area contributed by atoms with E-state index in [-0.39, 0.29) is 37.7 Å². The lowest BCUT2D eigenvalue weighted by Gasteiger charge is -2.35. The summed E-state index contributed by atoms with van der Waals surface area (Å²) in [6.07, 6.45) is 1.60. The number of carboxylic acid groups (broad SMARTS) is 1. The molecule has 1 atom stereocenters.